The third-order valence-corrected chi connectivity index (χ3v) is 6.37. The Bertz CT molecular complexity index is 1170. The van der Waals surface area contributed by atoms with Gasteiger partial charge in [-0.15, -0.1) is 0 Å². The summed E-state index contributed by atoms with van der Waals surface area (Å²) in [4.78, 5) is 46.4. The van der Waals surface area contributed by atoms with Gasteiger partial charge in [-0.1, -0.05) is 36.4 Å². The Morgan fingerprint density at radius 3 is 2.65 bits per heavy atom. The molecule has 0 radical (unpaired) electrons. The maximum absolute atomic E-state index is 13.2. The Kier molecular flexibility index (Phi) is 7.25. The first-order chi connectivity index (χ1) is 16.4. The first kappa shape index (κ1) is 23.5. The van der Waals surface area contributed by atoms with E-state index in [-0.39, 0.29) is 36.6 Å². The zero-order chi connectivity index (χ0) is 24.1. The highest BCUT2D eigenvalue weighted by molar-refractivity contribution is 5.80. The number of carbonyl (C=O) groups excluding carboxylic acids is 3. The van der Waals surface area contributed by atoms with Gasteiger partial charge in [0.25, 0.3) is 0 Å². The largest absolute Gasteiger partial charge is 0.354 e. The van der Waals surface area contributed by atoms with Gasteiger partial charge < -0.3 is 19.5 Å². The highest BCUT2D eigenvalue weighted by atomic mass is 16.2. The summed E-state index contributed by atoms with van der Waals surface area (Å²) < 4.78 is 1.95. The molecule has 4 rings (SSSR count). The van der Waals surface area contributed by atoms with Crippen LogP contribution in [0.1, 0.15) is 42.6 Å². The predicted octanol–water partition coefficient (Wildman–Crippen LogP) is 2.51. The van der Waals surface area contributed by atoms with Crippen LogP contribution in [-0.2, 0) is 20.8 Å². The van der Waals surface area contributed by atoms with E-state index in [0.29, 0.717) is 32.6 Å². The van der Waals surface area contributed by atoms with Gasteiger partial charge >= 0.3 is 0 Å². The number of hydrogen-bond acceptors (Lipinski definition) is 4. The number of hydrogen-bond donors (Lipinski definition) is 1. The molecule has 2 aromatic heterocycles. The van der Waals surface area contributed by atoms with Gasteiger partial charge in [0, 0.05) is 45.5 Å². The molecule has 1 saturated heterocycles. The lowest BCUT2D eigenvalue weighted by atomic mass is 10.0. The molecule has 178 valence electrons. The van der Waals surface area contributed by atoms with Crippen molar-refractivity contribution in [2.75, 3.05) is 26.2 Å². The van der Waals surface area contributed by atoms with Gasteiger partial charge in [0.05, 0.1) is 24.6 Å². The van der Waals surface area contributed by atoms with Gasteiger partial charge in [0.2, 0.25) is 17.7 Å². The monoisotopic (exact) mass is 461 g/mol. The minimum absolute atomic E-state index is 0.0224. The maximum atomic E-state index is 13.2. The Morgan fingerprint density at radius 2 is 1.88 bits per heavy atom. The van der Waals surface area contributed by atoms with E-state index in [4.69, 9.17) is 0 Å². The predicted molar refractivity (Wildman–Crippen MR) is 129 cm³/mol. The number of amides is 3. The number of benzene rings is 1. The molecule has 0 spiro atoms. The maximum Gasteiger partial charge on any atom is 0.228 e. The van der Waals surface area contributed by atoms with Crippen LogP contribution in [0.2, 0.25) is 0 Å². The van der Waals surface area contributed by atoms with Crippen LogP contribution in [0.3, 0.4) is 0 Å². The number of pyridine rings is 1. The Balaban J connectivity index is 1.50. The number of nitrogens with zero attached hydrogens (tertiary/aromatic N) is 4. The SMILES string of the molecule is CC(=O)N1CCCN(C(=O)Cc2cnc3c(C)cccn23)CCNC(=O)CC1c1ccccc1. The summed E-state index contributed by atoms with van der Waals surface area (Å²) in [6.45, 7) is 5.31. The number of fused-ring (bicyclic) bond motifs is 1. The molecule has 0 aliphatic carbocycles. The molecule has 3 aromatic rings. The van der Waals surface area contributed by atoms with Gasteiger partial charge in [-0.05, 0) is 30.5 Å². The standard InChI is InChI=1S/C26H31N5O3/c1-19-8-6-13-31-22(18-28-26(19)31)16-25(34)29-12-7-14-30(20(2)32)23(17-24(33)27-11-15-29)21-9-4-3-5-10-21/h3-6,8-10,13,18,23H,7,11-12,14-17H2,1-2H3,(H,27,33). The van der Waals surface area contributed by atoms with Crippen molar-refractivity contribution in [3.63, 3.8) is 0 Å². The third-order valence-electron chi connectivity index (χ3n) is 6.37. The summed E-state index contributed by atoms with van der Waals surface area (Å²) in [5.74, 6) is -0.239. The second kappa shape index (κ2) is 10.5. The molecule has 8 heteroatoms. The first-order valence-electron chi connectivity index (χ1n) is 11.7. The Morgan fingerprint density at radius 1 is 1.09 bits per heavy atom. The summed E-state index contributed by atoms with van der Waals surface area (Å²) in [5, 5.41) is 2.93. The molecule has 1 unspecified atom stereocenters. The number of rotatable bonds is 3. The third kappa shape index (κ3) is 5.27. The Hall–Kier alpha value is -3.68. The lowest BCUT2D eigenvalue weighted by Crippen LogP contribution is -2.40. The molecule has 0 saturated carbocycles. The fourth-order valence-corrected chi connectivity index (χ4v) is 4.59. The molecular weight excluding hydrogens is 430 g/mol. The summed E-state index contributed by atoms with van der Waals surface area (Å²) >= 11 is 0. The zero-order valence-electron chi connectivity index (χ0n) is 19.7. The fourth-order valence-electron chi connectivity index (χ4n) is 4.59. The summed E-state index contributed by atoms with van der Waals surface area (Å²) in [5.41, 5.74) is 3.66. The average Bonchev–Trinajstić information content (AvgIpc) is 3.22. The number of nitrogens with one attached hydrogen (secondary N) is 1. The van der Waals surface area contributed by atoms with Gasteiger partial charge in [0.1, 0.15) is 5.65 Å². The molecule has 34 heavy (non-hydrogen) atoms. The minimum atomic E-state index is -0.331. The molecule has 1 fully saturated rings. The van der Waals surface area contributed by atoms with Crippen LogP contribution in [0, 0.1) is 6.92 Å². The van der Waals surface area contributed by atoms with Crippen molar-refractivity contribution in [1.82, 2.24) is 24.5 Å². The van der Waals surface area contributed by atoms with E-state index in [1.807, 2.05) is 60.0 Å². The van der Waals surface area contributed by atoms with Gasteiger partial charge in [-0.2, -0.15) is 0 Å². The van der Waals surface area contributed by atoms with Crippen molar-refractivity contribution in [2.24, 2.45) is 0 Å². The van der Waals surface area contributed by atoms with Crippen LogP contribution in [0.15, 0.2) is 54.9 Å². The molecule has 8 nitrogen and oxygen atoms in total. The fraction of sp³-hybridized carbons (Fsp3) is 0.385. The molecule has 1 atom stereocenters. The van der Waals surface area contributed by atoms with Crippen molar-refractivity contribution in [2.45, 2.75) is 39.2 Å². The van der Waals surface area contributed by atoms with Crippen molar-refractivity contribution in [1.29, 1.82) is 0 Å². The number of imidazole rings is 1. The molecule has 0 bridgehead atoms. The van der Waals surface area contributed by atoms with Crippen molar-refractivity contribution >= 4 is 23.4 Å². The van der Waals surface area contributed by atoms with E-state index >= 15 is 0 Å². The van der Waals surface area contributed by atoms with Gasteiger partial charge in [-0.3, -0.25) is 14.4 Å². The molecule has 1 N–H and O–H groups in total. The van der Waals surface area contributed by atoms with Crippen LogP contribution in [0.5, 0.6) is 0 Å². The van der Waals surface area contributed by atoms with Crippen LogP contribution < -0.4 is 5.32 Å². The zero-order valence-corrected chi connectivity index (χ0v) is 19.7. The van der Waals surface area contributed by atoms with Crippen LogP contribution in [0.25, 0.3) is 5.65 Å². The highest BCUT2D eigenvalue weighted by Crippen LogP contribution is 2.25. The van der Waals surface area contributed by atoms with Crippen molar-refractivity contribution < 1.29 is 14.4 Å². The van der Waals surface area contributed by atoms with E-state index in [1.54, 1.807) is 16.0 Å². The average molecular weight is 462 g/mol. The number of carbonyl (C=O) groups is 3. The number of aromatic nitrogens is 2. The van der Waals surface area contributed by atoms with Crippen LogP contribution in [-0.4, -0.2) is 63.1 Å². The highest BCUT2D eigenvalue weighted by Gasteiger charge is 2.27. The van der Waals surface area contributed by atoms with Crippen LogP contribution >= 0.6 is 0 Å². The van der Waals surface area contributed by atoms with Crippen LogP contribution in [0.4, 0.5) is 0 Å². The molecule has 1 aliphatic rings. The van der Waals surface area contributed by atoms with Crippen molar-refractivity contribution in [3.05, 3.63) is 71.7 Å². The van der Waals surface area contributed by atoms with Gasteiger partial charge in [-0.25, -0.2) is 4.98 Å². The van der Waals surface area contributed by atoms with E-state index in [0.717, 1.165) is 22.5 Å². The Labute approximate surface area is 199 Å². The molecular formula is C26H31N5O3. The quantitative estimate of drug-likeness (QED) is 0.649. The number of aryl methyl sites for hydroxylation is 1. The molecule has 3 heterocycles. The molecule has 3 amide bonds. The summed E-state index contributed by atoms with van der Waals surface area (Å²) in [6.07, 6.45) is 4.71. The van der Waals surface area contributed by atoms with E-state index < -0.39 is 0 Å². The lowest BCUT2D eigenvalue weighted by molar-refractivity contribution is -0.132. The minimum Gasteiger partial charge on any atom is -0.354 e. The molecule has 1 aliphatic heterocycles. The van der Waals surface area contributed by atoms with E-state index in [9.17, 15) is 14.4 Å². The van der Waals surface area contributed by atoms with Crippen molar-refractivity contribution in [3.8, 4) is 0 Å². The summed E-state index contributed by atoms with van der Waals surface area (Å²) in [7, 11) is 0. The lowest BCUT2D eigenvalue weighted by Gasteiger charge is -2.31. The topological polar surface area (TPSA) is 87.0 Å². The second-order valence-electron chi connectivity index (χ2n) is 8.74. The second-order valence-corrected chi connectivity index (χ2v) is 8.74. The first-order valence-corrected chi connectivity index (χ1v) is 11.7. The normalized spacial score (nSPS) is 17.8. The summed E-state index contributed by atoms with van der Waals surface area (Å²) in [6, 6.07) is 13.2. The van der Waals surface area contributed by atoms with Gasteiger partial charge in [0.15, 0.2) is 0 Å². The smallest absolute Gasteiger partial charge is 0.228 e. The van der Waals surface area contributed by atoms with E-state index in [2.05, 4.69) is 10.3 Å². The molecule has 1 aromatic carbocycles. The van der Waals surface area contributed by atoms with E-state index in [1.165, 1.54) is 6.92 Å².